The van der Waals surface area contributed by atoms with Crippen LogP contribution in [-0.2, 0) is 11.2 Å². The van der Waals surface area contributed by atoms with Crippen molar-refractivity contribution < 1.29 is 9.90 Å². The maximum absolute atomic E-state index is 12.4. The number of amides is 1. The largest absolute Gasteiger partial charge is 0.390 e. The SMILES string of the molecule is O=C(NC1c2ccccc2CC1O)C1CCCCCC1. The molecular weight excluding hydrogens is 250 g/mol. The highest BCUT2D eigenvalue weighted by Crippen LogP contribution is 2.32. The van der Waals surface area contributed by atoms with Gasteiger partial charge in [-0.2, -0.15) is 0 Å². The number of rotatable bonds is 2. The van der Waals surface area contributed by atoms with Crippen LogP contribution in [-0.4, -0.2) is 17.1 Å². The van der Waals surface area contributed by atoms with Crippen molar-refractivity contribution in [2.75, 3.05) is 0 Å². The van der Waals surface area contributed by atoms with E-state index in [1.54, 1.807) is 0 Å². The molecule has 0 radical (unpaired) electrons. The van der Waals surface area contributed by atoms with Crippen LogP contribution in [0.4, 0.5) is 0 Å². The first-order valence-electron chi connectivity index (χ1n) is 7.82. The lowest BCUT2D eigenvalue weighted by Crippen LogP contribution is -2.37. The van der Waals surface area contributed by atoms with Gasteiger partial charge in [0.05, 0.1) is 12.1 Å². The third-order valence-electron chi connectivity index (χ3n) is 4.73. The van der Waals surface area contributed by atoms with E-state index < -0.39 is 6.10 Å². The molecule has 108 valence electrons. The summed E-state index contributed by atoms with van der Waals surface area (Å²) < 4.78 is 0. The summed E-state index contributed by atoms with van der Waals surface area (Å²) in [5.74, 6) is 0.269. The fourth-order valence-electron chi connectivity index (χ4n) is 3.56. The molecule has 0 aliphatic heterocycles. The van der Waals surface area contributed by atoms with Crippen molar-refractivity contribution in [3.05, 3.63) is 35.4 Å². The molecule has 1 aromatic carbocycles. The second-order valence-corrected chi connectivity index (χ2v) is 6.15. The van der Waals surface area contributed by atoms with Crippen molar-refractivity contribution in [2.45, 2.75) is 57.1 Å². The summed E-state index contributed by atoms with van der Waals surface area (Å²) in [7, 11) is 0. The van der Waals surface area contributed by atoms with Crippen molar-refractivity contribution >= 4 is 5.91 Å². The lowest BCUT2D eigenvalue weighted by atomic mass is 9.98. The number of hydrogen-bond donors (Lipinski definition) is 2. The third-order valence-corrected chi connectivity index (χ3v) is 4.73. The Kier molecular flexibility index (Phi) is 4.06. The molecule has 0 spiro atoms. The van der Waals surface area contributed by atoms with Gasteiger partial charge >= 0.3 is 0 Å². The molecular formula is C17H23NO2. The Morgan fingerprint density at radius 3 is 2.55 bits per heavy atom. The van der Waals surface area contributed by atoms with Gasteiger partial charge in [0, 0.05) is 12.3 Å². The Morgan fingerprint density at radius 2 is 1.80 bits per heavy atom. The molecule has 2 aliphatic carbocycles. The summed E-state index contributed by atoms with van der Waals surface area (Å²) >= 11 is 0. The van der Waals surface area contributed by atoms with Gasteiger partial charge in [0.25, 0.3) is 0 Å². The topological polar surface area (TPSA) is 49.3 Å². The summed E-state index contributed by atoms with van der Waals surface area (Å²) in [4.78, 5) is 12.4. The van der Waals surface area contributed by atoms with E-state index in [9.17, 15) is 9.90 Å². The fraction of sp³-hybridized carbons (Fsp3) is 0.588. The molecule has 2 unspecified atom stereocenters. The molecule has 1 aromatic rings. The van der Waals surface area contributed by atoms with E-state index in [2.05, 4.69) is 5.32 Å². The highest BCUT2D eigenvalue weighted by atomic mass is 16.3. The highest BCUT2D eigenvalue weighted by molar-refractivity contribution is 5.79. The minimum Gasteiger partial charge on any atom is -0.390 e. The van der Waals surface area contributed by atoms with Crippen LogP contribution < -0.4 is 5.32 Å². The third kappa shape index (κ3) is 2.73. The number of fused-ring (bicyclic) bond motifs is 1. The molecule has 0 bridgehead atoms. The molecule has 3 nitrogen and oxygen atoms in total. The molecule has 1 saturated carbocycles. The number of nitrogens with one attached hydrogen (secondary N) is 1. The van der Waals surface area contributed by atoms with Crippen molar-refractivity contribution in [2.24, 2.45) is 5.92 Å². The van der Waals surface area contributed by atoms with E-state index in [-0.39, 0.29) is 17.9 Å². The number of hydrogen-bond acceptors (Lipinski definition) is 2. The summed E-state index contributed by atoms with van der Waals surface area (Å²) in [6, 6.07) is 7.80. The second kappa shape index (κ2) is 5.96. The summed E-state index contributed by atoms with van der Waals surface area (Å²) in [6.45, 7) is 0. The minimum atomic E-state index is -0.484. The number of aliphatic hydroxyl groups excluding tert-OH is 1. The number of carbonyl (C=O) groups excluding carboxylic acids is 1. The molecule has 2 N–H and O–H groups in total. The Balaban J connectivity index is 1.69. The zero-order valence-electron chi connectivity index (χ0n) is 11.8. The van der Waals surface area contributed by atoms with E-state index in [1.165, 1.54) is 12.8 Å². The van der Waals surface area contributed by atoms with Gasteiger partial charge in [-0.1, -0.05) is 49.9 Å². The first-order valence-corrected chi connectivity index (χ1v) is 7.82. The van der Waals surface area contributed by atoms with E-state index in [0.717, 1.165) is 36.8 Å². The van der Waals surface area contributed by atoms with Crippen LogP contribution in [0.2, 0.25) is 0 Å². The van der Waals surface area contributed by atoms with Gasteiger partial charge < -0.3 is 10.4 Å². The highest BCUT2D eigenvalue weighted by Gasteiger charge is 2.33. The van der Waals surface area contributed by atoms with Crippen LogP contribution in [0, 0.1) is 5.92 Å². The molecule has 20 heavy (non-hydrogen) atoms. The van der Waals surface area contributed by atoms with Gasteiger partial charge in [0.1, 0.15) is 0 Å². The van der Waals surface area contributed by atoms with E-state index >= 15 is 0 Å². The predicted octanol–water partition coefficient (Wildman–Crippen LogP) is 2.73. The van der Waals surface area contributed by atoms with E-state index in [0.29, 0.717) is 6.42 Å². The Hall–Kier alpha value is -1.35. The van der Waals surface area contributed by atoms with Gasteiger partial charge in [0.15, 0.2) is 0 Å². The number of benzene rings is 1. The van der Waals surface area contributed by atoms with Gasteiger partial charge in [-0.15, -0.1) is 0 Å². The van der Waals surface area contributed by atoms with E-state index in [4.69, 9.17) is 0 Å². The fourth-order valence-corrected chi connectivity index (χ4v) is 3.56. The normalized spacial score (nSPS) is 26.9. The molecule has 1 amide bonds. The molecule has 0 saturated heterocycles. The number of carbonyl (C=O) groups is 1. The van der Waals surface area contributed by atoms with Crippen LogP contribution >= 0.6 is 0 Å². The average molecular weight is 273 g/mol. The van der Waals surface area contributed by atoms with Gasteiger partial charge in [-0.3, -0.25) is 4.79 Å². The molecule has 1 fully saturated rings. The summed E-state index contributed by atoms with van der Waals surface area (Å²) in [5.41, 5.74) is 2.24. The predicted molar refractivity (Wildman–Crippen MR) is 78.2 cm³/mol. The minimum absolute atomic E-state index is 0.132. The Bertz CT molecular complexity index is 478. The molecule has 2 aliphatic rings. The van der Waals surface area contributed by atoms with Crippen LogP contribution in [0.25, 0.3) is 0 Å². The smallest absolute Gasteiger partial charge is 0.223 e. The molecule has 3 rings (SSSR count). The maximum atomic E-state index is 12.4. The molecule has 0 aromatic heterocycles. The van der Waals surface area contributed by atoms with Crippen LogP contribution in [0.5, 0.6) is 0 Å². The lowest BCUT2D eigenvalue weighted by Gasteiger charge is -2.21. The first-order chi connectivity index (χ1) is 9.75. The summed E-state index contributed by atoms with van der Waals surface area (Å²) in [5, 5.41) is 13.3. The molecule has 0 heterocycles. The van der Waals surface area contributed by atoms with Crippen molar-refractivity contribution in [3.63, 3.8) is 0 Å². The standard InChI is InChI=1S/C17H23NO2/c19-15-11-13-9-5-6-10-14(13)16(15)18-17(20)12-7-3-1-2-4-8-12/h5-6,9-10,12,15-16,19H,1-4,7-8,11H2,(H,18,20). The second-order valence-electron chi connectivity index (χ2n) is 6.15. The van der Waals surface area contributed by atoms with Crippen molar-refractivity contribution in [3.8, 4) is 0 Å². The quantitative estimate of drug-likeness (QED) is 0.814. The monoisotopic (exact) mass is 273 g/mol. The zero-order chi connectivity index (χ0) is 13.9. The maximum Gasteiger partial charge on any atom is 0.223 e. The average Bonchev–Trinajstić information content (AvgIpc) is 2.66. The van der Waals surface area contributed by atoms with Crippen LogP contribution in [0.3, 0.4) is 0 Å². The number of aliphatic hydroxyl groups is 1. The van der Waals surface area contributed by atoms with Crippen molar-refractivity contribution in [1.29, 1.82) is 0 Å². The van der Waals surface area contributed by atoms with Crippen LogP contribution in [0.1, 0.15) is 55.7 Å². The van der Waals surface area contributed by atoms with Gasteiger partial charge in [-0.25, -0.2) is 0 Å². The van der Waals surface area contributed by atoms with E-state index in [1.807, 2.05) is 24.3 Å². The Morgan fingerprint density at radius 1 is 1.10 bits per heavy atom. The summed E-state index contributed by atoms with van der Waals surface area (Å²) in [6.07, 6.45) is 6.96. The molecule has 2 atom stereocenters. The van der Waals surface area contributed by atoms with Crippen molar-refractivity contribution in [1.82, 2.24) is 5.32 Å². The molecule has 3 heteroatoms. The van der Waals surface area contributed by atoms with Gasteiger partial charge in [-0.05, 0) is 24.0 Å². The Labute approximate surface area is 120 Å². The first kappa shape index (κ1) is 13.6. The lowest BCUT2D eigenvalue weighted by molar-refractivity contribution is -0.127. The van der Waals surface area contributed by atoms with Gasteiger partial charge in [0.2, 0.25) is 5.91 Å². The zero-order valence-corrected chi connectivity index (χ0v) is 11.8. The van der Waals surface area contributed by atoms with Crippen LogP contribution in [0.15, 0.2) is 24.3 Å².